The van der Waals surface area contributed by atoms with Gasteiger partial charge in [-0.25, -0.2) is 9.97 Å². The Morgan fingerprint density at radius 3 is 2.50 bits per heavy atom. The van der Waals surface area contributed by atoms with Crippen LogP contribution in [0, 0.1) is 6.92 Å². The van der Waals surface area contributed by atoms with Gasteiger partial charge in [0, 0.05) is 18.0 Å². The van der Waals surface area contributed by atoms with Gasteiger partial charge in [0.1, 0.15) is 0 Å². The molecule has 0 atom stereocenters. The summed E-state index contributed by atoms with van der Waals surface area (Å²) in [6, 6.07) is 7.98. The normalized spacial score (nSPS) is 10.8. The topological polar surface area (TPSA) is 51.8 Å². The molecule has 0 aliphatic rings. The summed E-state index contributed by atoms with van der Waals surface area (Å²) in [6.45, 7) is 2.04. The molecule has 0 aliphatic carbocycles. The summed E-state index contributed by atoms with van der Waals surface area (Å²) in [5.74, 6) is 0.557. The van der Waals surface area contributed by atoms with E-state index in [1.807, 2.05) is 31.2 Å². The van der Waals surface area contributed by atoms with Gasteiger partial charge in [-0.3, -0.25) is 0 Å². The van der Waals surface area contributed by atoms with Crippen molar-refractivity contribution in [2.24, 2.45) is 0 Å². The Labute approximate surface area is 92.0 Å². The van der Waals surface area contributed by atoms with Crippen LogP contribution in [0.2, 0.25) is 0 Å². The molecule has 0 aliphatic heterocycles. The Hall–Kier alpha value is -2.23. The van der Waals surface area contributed by atoms with Crippen LogP contribution in [0.4, 0.5) is 0 Å². The van der Waals surface area contributed by atoms with E-state index in [2.05, 4.69) is 15.0 Å². The summed E-state index contributed by atoms with van der Waals surface area (Å²) in [4.78, 5) is 12.4. The molecule has 0 spiro atoms. The van der Waals surface area contributed by atoms with Gasteiger partial charge in [0.2, 0.25) is 11.5 Å². The first-order valence-corrected chi connectivity index (χ1v) is 4.97. The SMILES string of the molecule is Cc1ccc(-c2nc3nccnc3o2)cc1. The van der Waals surface area contributed by atoms with Crippen molar-refractivity contribution in [3.8, 4) is 11.5 Å². The lowest BCUT2D eigenvalue weighted by Crippen LogP contribution is -1.78. The number of rotatable bonds is 1. The van der Waals surface area contributed by atoms with Crippen LogP contribution in [-0.4, -0.2) is 15.0 Å². The molecule has 2 aromatic heterocycles. The first-order chi connectivity index (χ1) is 7.83. The molecule has 0 unspecified atom stereocenters. The number of fused-ring (bicyclic) bond motifs is 1. The van der Waals surface area contributed by atoms with Crippen molar-refractivity contribution in [3.05, 3.63) is 42.2 Å². The summed E-state index contributed by atoms with van der Waals surface area (Å²) in [5.41, 5.74) is 3.15. The van der Waals surface area contributed by atoms with Gasteiger partial charge in [0.25, 0.3) is 5.71 Å². The maximum Gasteiger partial charge on any atom is 0.266 e. The summed E-state index contributed by atoms with van der Waals surface area (Å²) < 4.78 is 5.51. The molecule has 0 saturated carbocycles. The van der Waals surface area contributed by atoms with E-state index in [1.54, 1.807) is 12.4 Å². The van der Waals surface area contributed by atoms with E-state index >= 15 is 0 Å². The van der Waals surface area contributed by atoms with Crippen LogP contribution < -0.4 is 0 Å². The van der Waals surface area contributed by atoms with Crippen molar-refractivity contribution in [1.29, 1.82) is 0 Å². The quantitative estimate of drug-likeness (QED) is 0.620. The highest BCUT2D eigenvalue weighted by molar-refractivity contribution is 5.68. The molecule has 3 aromatic rings. The van der Waals surface area contributed by atoms with Crippen molar-refractivity contribution >= 4 is 11.4 Å². The first-order valence-electron chi connectivity index (χ1n) is 4.97. The third-order valence-electron chi connectivity index (χ3n) is 2.35. The fourth-order valence-corrected chi connectivity index (χ4v) is 1.50. The monoisotopic (exact) mass is 211 g/mol. The van der Waals surface area contributed by atoms with Crippen LogP contribution in [0.1, 0.15) is 5.56 Å². The van der Waals surface area contributed by atoms with E-state index in [9.17, 15) is 0 Å². The van der Waals surface area contributed by atoms with Gasteiger partial charge in [0.15, 0.2) is 0 Å². The number of benzene rings is 1. The molecule has 0 fully saturated rings. The first kappa shape index (κ1) is 9.03. The van der Waals surface area contributed by atoms with E-state index < -0.39 is 0 Å². The largest absolute Gasteiger partial charge is 0.416 e. The molecule has 0 radical (unpaired) electrons. The highest BCUT2D eigenvalue weighted by atomic mass is 16.4. The number of aryl methyl sites for hydroxylation is 1. The van der Waals surface area contributed by atoms with Gasteiger partial charge in [0.05, 0.1) is 0 Å². The van der Waals surface area contributed by atoms with E-state index in [-0.39, 0.29) is 0 Å². The third-order valence-corrected chi connectivity index (χ3v) is 2.35. The Balaban J connectivity index is 2.15. The molecular formula is C12H9N3O. The molecule has 0 saturated heterocycles. The van der Waals surface area contributed by atoms with Gasteiger partial charge in [-0.05, 0) is 19.1 Å². The van der Waals surface area contributed by atoms with Crippen LogP contribution in [0.3, 0.4) is 0 Å². The number of aromatic nitrogens is 3. The minimum absolute atomic E-state index is 0.470. The van der Waals surface area contributed by atoms with Crippen molar-refractivity contribution < 1.29 is 4.42 Å². The molecule has 16 heavy (non-hydrogen) atoms. The average molecular weight is 211 g/mol. The zero-order chi connectivity index (χ0) is 11.0. The van der Waals surface area contributed by atoms with E-state index in [0.29, 0.717) is 17.3 Å². The standard InChI is InChI=1S/C12H9N3O/c1-8-2-4-9(5-3-8)11-15-10-12(16-11)14-7-6-13-10/h2-7H,1H3. The second kappa shape index (κ2) is 3.41. The van der Waals surface area contributed by atoms with Gasteiger partial charge >= 0.3 is 0 Å². The van der Waals surface area contributed by atoms with E-state index in [4.69, 9.17) is 4.42 Å². The maximum absolute atomic E-state index is 5.51. The minimum Gasteiger partial charge on any atom is -0.416 e. The predicted molar refractivity (Wildman–Crippen MR) is 59.8 cm³/mol. The van der Waals surface area contributed by atoms with Gasteiger partial charge in [-0.1, -0.05) is 17.7 Å². The molecule has 2 heterocycles. The van der Waals surface area contributed by atoms with Crippen LogP contribution in [-0.2, 0) is 0 Å². The summed E-state index contributed by atoms with van der Waals surface area (Å²) >= 11 is 0. The Morgan fingerprint density at radius 1 is 1.00 bits per heavy atom. The highest BCUT2D eigenvalue weighted by Crippen LogP contribution is 2.21. The smallest absolute Gasteiger partial charge is 0.266 e. The zero-order valence-corrected chi connectivity index (χ0v) is 8.71. The van der Waals surface area contributed by atoms with Crippen LogP contribution in [0.5, 0.6) is 0 Å². The van der Waals surface area contributed by atoms with E-state index in [0.717, 1.165) is 5.56 Å². The molecule has 78 valence electrons. The number of nitrogens with zero attached hydrogens (tertiary/aromatic N) is 3. The van der Waals surface area contributed by atoms with Crippen LogP contribution >= 0.6 is 0 Å². The van der Waals surface area contributed by atoms with Crippen molar-refractivity contribution in [2.75, 3.05) is 0 Å². The lowest BCUT2D eigenvalue weighted by molar-refractivity contribution is 0.607. The zero-order valence-electron chi connectivity index (χ0n) is 8.71. The number of hydrogen-bond acceptors (Lipinski definition) is 4. The maximum atomic E-state index is 5.51. The molecule has 3 rings (SSSR count). The van der Waals surface area contributed by atoms with Gasteiger partial charge in [-0.15, -0.1) is 0 Å². The summed E-state index contributed by atoms with van der Waals surface area (Å²) in [6.07, 6.45) is 3.19. The number of oxazole rings is 1. The third kappa shape index (κ3) is 1.44. The predicted octanol–water partition coefficient (Wildman–Crippen LogP) is 2.59. The van der Waals surface area contributed by atoms with Crippen molar-refractivity contribution in [1.82, 2.24) is 15.0 Å². The Kier molecular flexibility index (Phi) is 1.93. The van der Waals surface area contributed by atoms with Crippen molar-refractivity contribution in [3.63, 3.8) is 0 Å². The lowest BCUT2D eigenvalue weighted by atomic mass is 10.1. The Bertz CT molecular complexity index is 595. The molecular weight excluding hydrogens is 202 g/mol. The summed E-state index contributed by atoms with van der Waals surface area (Å²) in [7, 11) is 0. The lowest BCUT2D eigenvalue weighted by Gasteiger charge is -1.94. The van der Waals surface area contributed by atoms with E-state index in [1.165, 1.54) is 5.56 Å². The Morgan fingerprint density at radius 2 is 1.75 bits per heavy atom. The molecule has 1 aromatic carbocycles. The second-order valence-corrected chi connectivity index (χ2v) is 3.57. The molecule has 0 bridgehead atoms. The highest BCUT2D eigenvalue weighted by Gasteiger charge is 2.08. The second-order valence-electron chi connectivity index (χ2n) is 3.57. The fourth-order valence-electron chi connectivity index (χ4n) is 1.50. The minimum atomic E-state index is 0.470. The molecule has 4 heteroatoms. The average Bonchev–Trinajstić information content (AvgIpc) is 2.73. The van der Waals surface area contributed by atoms with Gasteiger partial charge < -0.3 is 4.42 Å². The summed E-state index contributed by atoms with van der Waals surface area (Å²) in [5, 5.41) is 0. The molecule has 0 N–H and O–H groups in total. The van der Waals surface area contributed by atoms with Gasteiger partial charge in [-0.2, -0.15) is 4.98 Å². The molecule has 4 nitrogen and oxygen atoms in total. The number of hydrogen-bond donors (Lipinski definition) is 0. The molecule has 0 amide bonds. The van der Waals surface area contributed by atoms with Crippen LogP contribution in [0.15, 0.2) is 41.1 Å². The van der Waals surface area contributed by atoms with Crippen LogP contribution in [0.25, 0.3) is 22.8 Å². The fraction of sp³-hybridized carbons (Fsp3) is 0.0833. The van der Waals surface area contributed by atoms with Crippen molar-refractivity contribution in [2.45, 2.75) is 6.92 Å².